The van der Waals surface area contributed by atoms with Crippen LogP contribution in [-0.4, -0.2) is 24.5 Å². The van der Waals surface area contributed by atoms with Crippen molar-refractivity contribution in [1.29, 1.82) is 0 Å². The van der Waals surface area contributed by atoms with Crippen molar-refractivity contribution >= 4 is 22.7 Å². The van der Waals surface area contributed by atoms with Gasteiger partial charge in [-0.1, -0.05) is 0 Å². The molecule has 2 bridgehead atoms. The molecule has 3 fully saturated rings. The molecule has 0 spiro atoms. The Balaban J connectivity index is 2.18. The van der Waals surface area contributed by atoms with E-state index in [1.807, 2.05) is 6.92 Å². The first kappa shape index (κ1) is 8.56. The average molecular weight is 220 g/mol. The predicted octanol–water partition coefficient (Wildman–Crippen LogP) is 0.812. The average Bonchev–Trinajstić information content (AvgIpc) is 2.55. The summed E-state index contributed by atoms with van der Waals surface area (Å²) in [7, 11) is -3.27. The summed E-state index contributed by atoms with van der Waals surface area (Å²) in [6.45, 7) is 1.89. The molecule has 0 aromatic heterocycles. The molecule has 3 rings (SSSR count). The van der Waals surface area contributed by atoms with Crippen molar-refractivity contribution in [3.8, 4) is 0 Å². The molecule has 5 unspecified atom stereocenters. The van der Waals surface area contributed by atoms with Gasteiger partial charge in [0, 0.05) is 11.2 Å². The quantitative estimate of drug-likeness (QED) is 0.485. The van der Waals surface area contributed by atoms with E-state index < -0.39 is 15.7 Å². The summed E-state index contributed by atoms with van der Waals surface area (Å²) in [6, 6.07) is 0. The molecule has 2 saturated carbocycles. The van der Waals surface area contributed by atoms with Crippen molar-refractivity contribution < 1.29 is 12.6 Å². The van der Waals surface area contributed by atoms with Gasteiger partial charge in [0.25, 0.3) is 10.1 Å². The standard InChI is InChI=1S/C8H12O3S2/c1-8-5-2-4(7(8)12)3-6(5)13(9,10)11-8/h4-7,12H,2-3H2,1H3. The second-order valence-electron chi connectivity index (χ2n) is 4.58. The van der Waals surface area contributed by atoms with E-state index in [0.29, 0.717) is 5.92 Å². The van der Waals surface area contributed by atoms with E-state index in [2.05, 4.69) is 12.6 Å². The van der Waals surface area contributed by atoms with Crippen molar-refractivity contribution in [3.63, 3.8) is 0 Å². The van der Waals surface area contributed by atoms with Gasteiger partial charge in [-0.25, -0.2) is 0 Å². The number of thiol groups is 1. The van der Waals surface area contributed by atoms with Crippen LogP contribution in [0.4, 0.5) is 0 Å². The zero-order chi connectivity index (χ0) is 9.43. The molecule has 3 nitrogen and oxygen atoms in total. The first-order valence-electron chi connectivity index (χ1n) is 4.58. The normalized spacial score (nSPS) is 61.7. The topological polar surface area (TPSA) is 43.4 Å². The van der Waals surface area contributed by atoms with Crippen LogP contribution in [-0.2, 0) is 14.3 Å². The predicted molar refractivity (Wildman–Crippen MR) is 51.2 cm³/mol. The molecule has 1 aliphatic heterocycles. The Labute approximate surface area is 83.4 Å². The van der Waals surface area contributed by atoms with E-state index in [4.69, 9.17) is 4.18 Å². The van der Waals surface area contributed by atoms with Crippen LogP contribution in [0.15, 0.2) is 0 Å². The lowest BCUT2D eigenvalue weighted by molar-refractivity contribution is 0.0855. The first-order valence-corrected chi connectivity index (χ1v) is 6.56. The summed E-state index contributed by atoms with van der Waals surface area (Å²) in [4.78, 5) is 0. The van der Waals surface area contributed by atoms with Crippen LogP contribution in [0.3, 0.4) is 0 Å². The van der Waals surface area contributed by atoms with Crippen LogP contribution in [0.25, 0.3) is 0 Å². The minimum absolute atomic E-state index is 0.103. The fourth-order valence-electron chi connectivity index (χ4n) is 3.33. The summed E-state index contributed by atoms with van der Waals surface area (Å²) >= 11 is 4.47. The number of hydrogen-bond acceptors (Lipinski definition) is 4. The number of rotatable bonds is 0. The number of hydrogen-bond donors (Lipinski definition) is 1. The molecule has 2 aliphatic carbocycles. The Morgan fingerprint density at radius 1 is 1.46 bits per heavy atom. The van der Waals surface area contributed by atoms with Crippen molar-refractivity contribution in [1.82, 2.24) is 0 Å². The van der Waals surface area contributed by atoms with Gasteiger partial charge < -0.3 is 0 Å². The summed E-state index contributed by atoms with van der Waals surface area (Å²) in [5, 5.41) is -0.128. The summed E-state index contributed by atoms with van der Waals surface area (Å²) in [5.74, 6) is 0.644. The van der Waals surface area contributed by atoms with Crippen LogP contribution in [0.1, 0.15) is 19.8 Å². The fraction of sp³-hybridized carbons (Fsp3) is 1.00. The lowest BCUT2D eigenvalue weighted by Gasteiger charge is -2.30. The van der Waals surface area contributed by atoms with E-state index >= 15 is 0 Å². The highest BCUT2D eigenvalue weighted by molar-refractivity contribution is 7.87. The summed E-state index contributed by atoms with van der Waals surface area (Å²) < 4.78 is 28.4. The molecular weight excluding hydrogens is 208 g/mol. The van der Waals surface area contributed by atoms with Gasteiger partial charge in [-0.3, -0.25) is 4.18 Å². The van der Waals surface area contributed by atoms with Gasteiger partial charge in [0.15, 0.2) is 0 Å². The van der Waals surface area contributed by atoms with Gasteiger partial charge in [-0.2, -0.15) is 21.0 Å². The van der Waals surface area contributed by atoms with Crippen LogP contribution in [0.5, 0.6) is 0 Å². The van der Waals surface area contributed by atoms with Crippen LogP contribution in [0, 0.1) is 11.8 Å². The lowest BCUT2D eigenvalue weighted by atomic mass is 9.85. The molecule has 13 heavy (non-hydrogen) atoms. The molecule has 0 aromatic rings. The largest absolute Gasteiger partial charge is 0.271 e. The van der Waals surface area contributed by atoms with Crippen molar-refractivity contribution in [2.45, 2.75) is 35.9 Å². The van der Waals surface area contributed by atoms with Crippen molar-refractivity contribution in [3.05, 3.63) is 0 Å². The SMILES string of the molecule is CC12OS(=O)(=O)C3CC(CC31)C2S. The summed E-state index contributed by atoms with van der Waals surface area (Å²) in [5.41, 5.74) is -0.504. The van der Waals surface area contributed by atoms with E-state index in [-0.39, 0.29) is 16.4 Å². The maximum atomic E-state index is 11.6. The third kappa shape index (κ3) is 0.796. The van der Waals surface area contributed by atoms with E-state index in [9.17, 15) is 8.42 Å². The zero-order valence-corrected chi connectivity index (χ0v) is 9.01. The van der Waals surface area contributed by atoms with Crippen LogP contribution in [0.2, 0.25) is 0 Å². The monoisotopic (exact) mass is 220 g/mol. The zero-order valence-electron chi connectivity index (χ0n) is 7.30. The molecule has 0 aromatic carbocycles. The van der Waals surface area contributed by atoms with Gasteiger partial charge in [-0.05, 0) is 25.7 Å². The fourth-order valence-corrected chi connectivity index (χ4v) is 6.00. The highest BCUT2D eigenvalue weighted by Crippen LogP contribution is 2.61. The highest BCUT2D eigenvalue weighted by Gasteiger charge is 2.69. The Hall–Kier alpha value is 0.260. The Morgan fingerprint density at radius 3 is 2.69 bits per heavy atom. The molecule has 3 aliphatic rings. The Morgan fingerprint density at radius 2 is 2.15 bits per heavy atom. The Kier molecular flexibility index (Phi) is 1.38. The van der Waals surface area contributed by atoms with E-state index in [1.165, 1.54) is 0 Å². The smallest absolute Gasteiger partial charge is 0.262 e. The van der Waals surface area contributed by atoms with Gasteiger partial charge in [0.05, 0.1) is 5.25 Å². The van der Waals surface area contributed by atoms with Gasteiger partial charge in [-0.15, -0.1) is 0 Å². The second kappa shape index (κ2) is 2.09. The minimum Gasteiger partial charge on any atom is -0.262 e. The third-order valence-electron chi connectivity index (χ3n) is 3.98. The first-order chi connectivity index (χ1) is 5.95. The molecule has 5 atom stereocenters. The van der Waals surface area contributed by atoms with Crippen molar-refractivity contribution in [2.24, 2.45) is 11.8 Å². The maximum absolute atomic E-state index is 11.6. The molecule has 74 valence electrons. The van der Waals surface area contributed by atoms with Crippen LogP contribution < -0.4 is 0 Å². The van der Waals surface area contributed by atoms with Crippen molar-refractivity contribution in [2.75, 3.05) is 0 Å². The second-order valence-corrected chi connectivity index (χ2v) is 6.90. The third-order valence-corrected chi connectivity index (χ3v) is 6.77. The molecule has 1 saturated heterocycles. The van der Waals surface area contributed by atoms with Crippen LogP contribution >= 0.6 is 12.6 Å². The van der Waals surface area contributed by atoms with Gasteiger partial charge >= 0.3 is 0 Å². The molecule has 5 heteroatoms. The molecule has 0 N–H and O–H groups in total. The van der Waals surface area contributed by atoms with Gasteiger partial charge in [0.2, 0.25) is 0 Å². The molecule has 1 heterocycles. The number of fused-ring (bicyclic) bond motifs is 1. The maximum Gasteiger partial charge on any atom is 0.271 e. The van der Waals surface area contributed by atoms with E-state index in [1.54, 1.807) is 0 Å². The molecule has 0 radical (unpaired) electrons. The lowest BCUT2D eigenvalue weighted by Crippen LogP contribution is -2.41. The molecule has 0 amide bonds. The Bertz CT molecular complexity index is 364. The summed E-state index contributed by atoms with van der Waals surface area (Å²) in [6.07, 6.45) is 1.74. The minimum atomic E-state index is -3.27. The van der Waals surface area contributed by atoms with E-state index in [0.717, 1.165) is 12.8 Å². The van der Waals surface area contributed by atoms with Gasteiger partial charge in [0.1, 0.15) is 5.60 Å². The highest BCUT2D eigenvalue weighted by atomic mass is 32.2. The molecular formula is C8H12O3S2.